The van der Waals surface area contributed by atoms with E-state index < -0.39 is 10.2 Å². The molecule has 146 valence electrons. The summed E-state index contributed by atoms with van der Waals surface area (Å²) in [6, 6.07) is 8.03. The molecule has 1 aromatic carbocycles. The SMILES string of the molecule is Cc1ccc(-n2ncc3c2CC(C)(C)CC3NS(=O)(=O)N2CCCC2)cc1. The Morgan fingerprint density at radius 3 is 2.48 bits per heavy atom. The first-order valence-electron chi connectivity index (χ1n) is 9.66. The third-order valence-corrected chi connectivity index (χ3v) is 7.28. The predicted octanol–water partition coefficient (Wildman–Crippen LogP) is 3.12. The number of nitrogens with zero attached hydrogens (tertiary/aromatic N) is 3. The van der Waals surface area contributed by atoms with Gasteiger partial charge in [-0.25, -0.2) is 4.68 Å². The second-order valence-electron chi connectivity index (χ2n) is 8.62. The Bertz CT molecular complexity index is 925. The normalized spacial score (nSPS) is 22.7. The van der Waals surface area contributed by atoms with Crippen LogP contribution in [0.1, 0.15) is 56.0 Å². The molecule has 27 heavy (non-hydrogen) atoms. The predicted molar refractivity (Wildman–Crippen MR) is 106 cm³/mol. The first-order valence-corrected chi connectivity index (χ1v) is 11.1. The van der Waals surface area contributed by atoms with Crippen LogP contribution in [0.4, 0.5) is 0 Å². The molecule has 4 rings (SSSR count). The van der Waals surface area contributed by atoms with Crippen molar-refractivity contribution in [3.05, 3.63) is 47.3 Å². The number of aryl methyl sites for hydroxylation is 1. The van der Waals surface area contributed by atoms with Crippen LogP contribution in [0.25, 0.3) is 5.69 Å². The van der Waals surface area contributed by atoms with E-state index in [1.807, 2.05) is 10.9 Å². The van der Waals surface area contributed by atoms with Gasteiger partial charge in [0.15, 0.2) is 0 Å². The van der Waals surface area contributed by atoms with Crippen molar-refractivity contribution in [1.29, 1.82) is 0 Å². The molecule has 0 saturated carbocycles. The van der Waals surface area contributed by atoms with Gasteiger partial charge in [0.25, 0.3) is 10.2 Å². The molecule has 1 saturated heterocycles. The van der Waals surface area contributed by atoms with Gasteiger partial charge in [0.1, 0.15) is 0 Å². The Morgan fingerprint density at radius 2 is 1.81 bits per heavy atom. The lowest BCUT2D eigenvalue weighted by atomic mass is 9.74. The molecular weight excluding hydrogens is 360 g/mol. The number of benzene rings is 1. The number of nitrogens with one attached hydrogen (secondary N) is 1. The number of hydrogen-bond donors (Lipinski definition) is 1. The smallest absolute Gasteiger partial charge is 0.237 e. The van der Waals surface area contributed by atoms with E-state index in [0.29, 0.717) is 13.1 Å². The molecule has 0 amide bonds. The number of aromatic nitrogens is 2. The van der Waals surface area contributed by atoms with Gasteiger partial charge >= 0.3 is 0 Å². The van der Waals surface area contributed by atoms with Crippen molar-refractivity contribution in [3.8, 4) is 5.69 Å². The topological polar surface area (TPSA) is 67.2 Å². The summed E-state index contributed by atoms with van der Waals surface area (Å²) < 4.78 is 32.1. The fraction of sp³-hybridized carbons (Fsp3) is 0.550. The van der Waals surface area contributed by atoms with Crippen molar-refractivity contribution < 1.29 is 8.42 Å². The van der Waals surface area contributed by atoms with Crippen LogP contribution in [0.2, 0.25) is 0 Å². The highest BCUT2D eigenvalue weighted by Gasteiger charge is 2.38. The Morgan fingerprint density at radius 1 is 1.15 bits per heavy atom. The summed E-state index contributed by atoms with van der Waals surface area (Å²) in [4.78, 5) is 0. The van der Waals surface area contributed by atoms with E-state index in [1.165, 1.54) is 5.56 Å². The van der Waals surface area contributed by atoms with Gasteiger partial charge in [-0.3, -0.25) is 0 Å². The van der Waals surface area contributed by atoms with Crippen LogP contribution in [0.3, 0.4) is 0 Å². The second-order valence-corrected chi connectivity index (χ2v) is 10.3. The standard InChI is InChI=1S/C20H28N4O2S/c1-15-6-8-16(9-7-15)24-19-13-20(2,3)12-18(17(19)14-21-24)22-27(25,26)23-10-4-5-11-23/h6-9,14,18,22H,4-5,10-13H2,1-3H3. The Kier molecular flexibility index (Phi) is 4.64. The molecule has 6 nitrogen and oxygen atoms in total. The van der Waals surface area contributed by atoms with Gasteiger partial charge in [0, 0.05) is 24.3 Å². The van der Waals surface area contributed by atoms with E-state index in [1.54, 1.807) is 4.31 Å². The summed E-state index contributed by atoms with van der Waals surface area (Å²) in [6.07, 6.45) is 5.35. The van der Waals surface area contributed by atoms with Crippen molar-refractivity contribution in [2.24, 2.45) is 5.41 Å². The molecule has 7 heteroatoms. The maximum absolute atomic E-state index is 12.8. The third-order valence-electron chi connectivity index (χ3n) is 5.65. The van der Waals surface area contributed by atoms with Crippen LogP contribution < -0.4 is 4.72 Å². The second kappa shape index (κ2) is 6.72. The van der Waals surface area contributed by atoms with Crippen LogP contribution in [0.15, 0.2) is 30.5 Å². The van der Waals surface area contributed by atoms with Crippen molar-refractivity contribution in [2.75, 3.05) is 13.1 Å². The van der Waals surface area contributed by atoms with Crippen molar-refractivity contribution in [3.63, 3.8) is 0 Å². The zero-order chi connectivity index (χ0) is 19.2. The molecule has 2 heterocycles. The van der Waals surface area contributed by atoms with Gasteiger partial charge < -0.3 is 0 Å². The highest BCUT2D eigenvalue weighted by molar-refractivity contribution is 7.87. The molecular formula is C20H28N4O2S. The number of fused-ring (bicyclic) bond motifs is 1. The van der Waals surface area contributed by atoms with Crippen LogP contribution in [0.5, 0.6) is 0 Å². The molecule has 1 aliphatic heterocycles. The molecule has 1 aromatic heterocycles. The minimum absolute atomic E-state index is 0.00627. The average Bonchev–Trinajstić information content (AvgIpc) is 3.24. The van der Waals surface area contributed by atoms with Crippen LogP contribution in [-0.2, 0) is 16.6 Å². The Labute approximate surface area is 161 Å². The van der Waals surface area contributed by atoms with Gasteiger partial charge in [-0.2, -0.15) is 22.5 Å². The molecule has 2 aliphatic rings. The summed E-state index contributed by atoms with van der Waals surface area (Å²) in [5.74, 6) is 0. The fourth-order valence-corrected chi connectivity index (χ4v) is 5.70. The van der Waals surface area contributed by atoms with Crippen LogP contribution in [0, 0.1) is 12.3 Å². The van der Waals surface area contributed by atoms with E-state index in [9.17, 15) is 8.42 Å². The molecule has 1 aliphatic carbocycles. The van der Waals surface area contributed by atoms with Crippen LogP contribution in [-0.4, -0.2) is 35.6 Å². The minimum Gasteiger partial charge on any atom is -0.237 e. The maximum atomic E-state index is 12.8. The molecule has 2 aromatic rings. The fourth-order valence-electron chi connectivity index (χ4n) is 4.24. The highest BCUT2D eigenvalue weighted by Crippen LogP contribution is 2.41. The lowest BCUT2D eigenvalue weighted by molar-refractivity contribution is 0.266. The first-order chi connectivity index (χ1) is 12.8. The molecule has 0 spiro atoms. The van der Waals surface area contributed by atoms with Crippen LogP contribution >= 0.6 is 0 Å². The summed E-state index contributed by atoms with van der Waals surface area (Å²) in [5, 5.41) is 4.61. The summed E-state index contributed by atoms with van der Waals surface area (Å²) >= 11 is 0. The summed E-state index contributed by atoms with van der Waals surface area (Å²) in [6.45, 7) is 7.68. The van der Waals surface area contributed by atoms with Gasteiger partial charge in [-0.1, -0.05) is 31.5 Å². The zero-order valence-corrected chi connectivity index (χ0v) is 17.1. The molecule has 1 atom stereocenters. The minimum atomic E-state index is -3.47. The van der Waals surface area contributed by atoms with Gasteiger partial charge in [0.2, 0.25) is 0 Å². The largest absolute Gasteiger partial charge is 0.280 e. The summed E-state index contributed by atoms with van der Waals surface area (Å²) in [7, 11) is -3.47. The lowest BCUT2D eigenvalue weighted by Crippen LogP contribution is -2.43. The third kappa shape index (κ3) is 3.68. The number of hydrogen-bond acceptors (Lipinski definition) is 3. The van der Waals surface area contributed by atoms with Crippen molar-refractivity contribution in [2.45, 2.75) is 52.5 Å². The molecule has 1 N–H and O–H groups in total. The molecule has 1 fully saturated rings. The zero-order valence-electron chi connectivity index (χ0n) is 16.3. The van der Waals surface area contributed by atoms with E-state index in [2.05, 4.69) is 54.9 Å². The lowest BCUT2D eigenvalue weighted by Gasteiger charge is -2.36. The molecule has 0 radical (unpaired) electrons. The van der Waals surface area contributed by atoms with E-state index in [4.69, 9.17) is 0 Å². The van der Waals surface area contributed by atoms with E-state index in [-0.39, 0.29) is 11.5 Å². The van der Waals surface area contributed by atoms with Gasteiger partial charge in [-0.15, -0.1) is 0 Å². The Hall–Kier alpha value is -1.70. The maximum Gasteiger partial charge on any atom is 0.280 e. The Balaban J connectivity index is 1.69. The van der Waals surface area contributed by atoms with E-state index in [0.717, 1.165) is 42.6 Å². The van der Waals surface area contributed by atoms with Gasteiger partial charge in [0.05, 0.1) is 17.9 Å². The molecule has 0 bridgehead atoms. The van der Waals surface area contributed by atoms with Crippen molar-refractivity contribution in [1.82, 2.24) is 18.8 Å². The summed E-state index contributed by atoms with van der Waals surface area (Å²) in [5.41, 5.74) is 4.31. The van der Waals surface area contributed by atoms with Gasteiger partial charge in [-0.05, 0) is 50.2 Å². The average molecular weight is 389 g/mol. The molecule has 1 unspecified atom stereocenters. The number of rotatable bonds is 4. The van der Waals surface area contributed by atoms with E-state index >= 15 is 0 Å². The highest BCUT2D eigenvalue weighted by atomic mass is 32.2. The monoisotopic (exact) mass is 388 g/mol. The van der Waals surface area contributed by atoms with Crippen molar-refractivity contribution >= 4 is 10.2 Å². The quantitative estimate of drug-likeness (QED) is 0.875. The first kappa shape index (κ1) is 18.7.